The van der Waals surface area contributed by atoms with Gasteiger partial charge in [-0.1, -0.05) is 41.6 Å². The molecule has 0 radical (unpaired) electrons. The summed E-state index contributed by atoms with van der Waals surface area (Å²) in [5.74, 6) is -2.01. The Morgan fingerprint density at radius 1 is 1.19 bits per heavy atom. The first-order chi connectivity index (χ1) is 15.5. The fourth-order valence-corrected chi connectivity index (χ4v) is 3.40. The van der Waals surface area contributed by atoms with Crippen LogP contribution in [0.15, 0.2) is 54.7 Å². The normalized spacial score (nSPS) is 12.7. The lowest BCUT2D eigenvalue weighted by Gasteiger charge is -2.22. The highest BCUT2D eigenvalue weighted by atomic mass is 19.1. The Hall–Kier alpha value is -3.59. The number of hydrogen-bond donors (Lipinski definition) is 3. The molecule has 0 bridgehead atoms. The summed E-state index contributed by atoms with van der Waals surface area (Å²) in [5, 5.41) is 22.2. The second-order valence-corrected chi connectivity index (χ2v) is 7.32. The van der Waals surface area contributed by atoms with E-state index in [0.717, 1.165) is 16.7 Å². The lowest BCUT2D eigenvalue weighted by Crippen LogP contribution is -2.40. The zero-order valence-electron chi connectivity index (χ0n) is 17.6. The van der Waals surface area contributed by atoms with Gasteiger partial charge in [0.1, 0.15) is 11.5 Å². The largest absolute Gasteiger partial charge is 0.466 e. The van der Waals surface area contributed by atoms with Crippen molar-refractivity contribution < 1.29 is 23.8 Å². The molecule has 3 rings (SSSR count). The molecule has 0 aliphatic heterocycles. The summed E-state index contributed by atoms with van der Waals surface area (Å²) >= 11 is 0. The number of nitrogens with zero attached hydrogens (tertiary/aromatic N) is 2. The van der Waals surface area contributed by atoms with E-state index in [-0.39, 0.29) is 24.5 Å². The van der Waals surface area contributed by atoms with E-state index in [0.29, 0.717) is 6.42 Å². The molecule has 8 nitrogen and oxygen atoms in total. The minimum Gasteiger partial charge on any atom is -0.466 e. The van der Waals surface area contributed by atoms with Crippen molar-refractivity contribution in [3.05, 3.63) is 71.8 Å². The van der Waals surface area contributed by atoms with Gasteiger partial charge in [0.15, 0.2) is 0 Å². The molecule has 0 saturated heterocycles. The molecular formula is C23H25FN4O4. The van der Waals surface area contributed by atoms with Gasteiger partial charge in [-0.3, -0.25) is 14.7 Å². The topological polar surface area (TPSA) is 117 Å². The number of benzene rings is 2. The van der Waals surface area contributed by atoms with Crippen LogP contribution in [-0.2, 0) is 16.0 Å². The molecule has 0 fully saturated rings. The summed E-state index contributed by atoms with van der Waals surface area (Å²) in [5.41, 5.74) is 2.71. The number of ether oxygens (including phenoxy) is 1. The number of aliphatic hydroxyl groups excluding tert-OH is 1. The number of aromatic nitrogens is 3. The van der Waals surface area contributed by atoms with Crippen molar-refractivity contribution in [3.63, 3.8) is 0 Å². The third kappa shape index (κ3) is 6.21. The summed E-state index contributed by atoms with van der Waals surface area (Å²) in [6.07, 6.45) is 1.90. The zero-order chi connectivity index (χ0) is 22.9. The van der Waals surface area contributed by atoms with Crippen LogP contribution in [0.2, 0.25) is 0 Å². The zero-order valence-corrected chi connectivity index (χ0v) is 17.6. The highest BCUT2D eigenvalue weighted by Gasteiger charge is 2.25. The van der Waals surface area contributed by atoms with Gasteiger partial charge in [-0.2, -0.15) is 0 Å². The van der Waals surface area contributed by atoms with Gasteiger partial charge < -0.3 is 15.2 Å². The number of hydrogen-bond acceptors (Lipinski definition) is 6. The van der Waals surface area contributed by atoms with Gasteiger partial charge in [0.2, 0.25) is 0 Å². The van der Waals surface area contributed by atoms with Crippen molar-refractivity contribution in [2.24, 2.45) is 5.92 Å². The number of carbonyl (C=O) groups excluding carboxylic acids is 2. The van der Waals surface area contributed by atoms with Crippen LogP contribution >= 0.6 is 0 Å². The molecule has 0 unspecified atom stereocenters. The predicted octanol–water partition coefficient (Wildman–Crippen LogP) is 2.51. The maximum atomic E-state index is 13.5. The smallest absolute Gasteiger partial charge is 0.311 e. The highest BCUT2D eigenvalue weighted by Crippen LogP contribution is 2.22. The van der Waals surface area contributed by atoms with Crippen LogP contribution in [0.1, 0.15) is 29.4 Å². The van der Waals surface area contributed by atoms with Gasteiger partial charge in [-0.15, -0.1) is 5.10 Å². The van der Waals surface area contributed by atoms with Crippen LogP contribution in [0, 0.1) is 11.7 Å². The molecule has 1 amide bonds. The molecule has 0 spiro atoms. The Morgan fingerprint density at radius 2 is 1.97 bits per heavy atom. The van der Waals surface area contributed by atoms with E-state index in [1.54, 1.807) is 13.0 Å². The van der Waals surface area contributed by atoms with Gasteiger partial charge in [0, 0.05) is 6.04 Å². The maximum Gasteiger partial charge on any atom is 0.311 e. The van der Waals surface area contributed by atoms with Crippen molar-refractivity contribution in [3.8, 4) is 11.1 Å². The van der Waals surface area contributed by atoms with Crippen molar-refractivity contribution in [1.29, 1.82) is 0 Å². The standard InChI is InChI=1S/C23H25FN4O4/c1-2-32-23(31)18(14-29)12-20(26-22(30)21-13-25-28-27-21)10-15-6-8-16(9-7-15)17-4-3-5-19(24)11-17/h3-9,11,13,18,20,29H,2,10,12,14H2,1H3,(H,26,30)(H,25,27,28)/t18-,20-/m1/s1. The molecule has 1 heterocycles. The van der Waals surface area contributed by atoms with Gasteiger partial charge in [-0.25, -0.2) is 4.39 Å². The number of rotatable bonds is 10. The SMILES string of the molecule is CCOC(=O)[C@@H](CO)C[C@@H](Cc1ccc(-c2cccc(F)c2)cc1)NC(=O)c1cnn[nH]1. The predicted molar refractivity (Wildman–Crippen MR) is 115 cm³/mol. The Balaban J connectivity index is 1.76. The second kappa shape index (κ2) is 11.1. The molecule has 0 aliphatic carbocycles. The number of nitrogens with one attached hydrogen (secondary N) is 2. The Morgan fingerprint density at radius 3 is 2.59 bits per heavy atom. The number of aliphatic hydroxyl groups is 1. The van der Waals surface area contributed by atoms with E-state index in [1.165, 1.54) is 18.3 Å². The van der Waals surface area contributed by atoms with Crippen molar-refractivity contribution in [2.75, 3.05) is 13.2 Å². The molecule has 1 aromatic heterocycles. The van der Waals surface area contributed by atoms with Crippen LogP contribution < -0.4 is 5.32 Å². The molecular weight excluding hydrogens is 415 g/mol. The van der Waals surface area contributed by atoms with E-state index >= 15 is 0 Å². The van der Waals surface area contributed by atoms with E-state index in [9.17, 15) is 19.1 Å². The highest BCUT2D eigenvalue weighted by molar-refractivity contribution is 5.92. The van der Waals surface area contributed by atoms with Crippen LogP contribution in [0.4, 0.5) is 4.39 Å². The minimum atomic E-state index is -0.772. The number of aromatic amines is 1. The molecule has 32 heavy (non-hydrogen) atoms. The van der Waals surface area contributed by atoms with E-state index in [2.05, 4.69) is 20.7 Å². The summed E-state index contributed by atoms with van der Waals surface area (Å²) in [6, 6.07) is 13.4. The number of halogens is 1. The molecule has 3 N–H and O–H groups in total. The first-order valence-electron chi connectivity index (χ1n) is 10.3. The fourth-order valence-electron chi connectivity index (χ4n) is 3.40. The third-order valence-corrected chi connectivity index (χ3v) is 5.00. The quantitative estimate of drug-likeness (QED) is 0.417. The first-order valence-corrected chi connectivity index (χ1v) is 10.3. The van der Waals surface area contributed by atoms with E-state index in [4.69, 9.17) is 4.74 Å². The maximum absolute atomic E-state index is 13.5. The fraction of sp³-hybridized carbons (Fsp3) is 0.304. The molecule has 0 aliphatic rings. The van der Waals surface area contributed by atoms with Crippen molar-refractivity contribution in [2.45, 2.75) is 25.8 Å². The van der Waals surface area contributed by atoms with Crippen molar-refractivity contribution in [1.82, 2.24) is 20.7 Å². The summed E-state index contributed by atoms with van der Waals surface area (Å²) in [6.45, 7) is 1.50. The van der Waals surface area contributed by atoms with Gasteiger partial charge in [0.05, 0.1) is 25.3 Å². The van der Waals surface area contributed by atoms with E-state index < -0.39 is 30.4 Å². The Bertz CT molecular complexity index is 1020. The van der Waals surface area contributed by atoms with Crippen molar-refractivity contribution >= 4 is 11.9 Å². The lowest BCUT2D eigenvalue weighted by atomic mass is 9.94. The Labute approximate surface area is 184 Å². The monoisotopic (exact) mass is 440 g/mol. The van der Waals surface area contributed by atoms with Crippen LogP contribution in [0.3, 0.4) is 0 Å². The lowest BCUT2D eigenvalue weighted by molar-refractivity contribution is -0.149. The molecule has 168 valence electrons. The van der Waals surface area contributed by atoms with Gasteiger partial charge in [0.25, 0.3) is 5.91 Å². The molecule has 2 aromatic carbocycles. The first kappa shape index (κ1) is 23.1. The summed E-state index contributed by atoms with van der Waals surface area (Å²) in [7, 11) is 0. The minimum absolute atomic E-state index is 0.188. The third-order valence-electron chi connectivity index (χ3n) is 5.00. The van der Waals surface area contributed by atoms with E-state index in [1.807, 2.05) is 30.3 Å². The summed E-state index contributed by atoms with van der Waals surface area (Å²) in [4.78, 5) is 24.7. The molecule has 0 saturated carbocycles. The van der Waals surface area contributed by atoms with Gasteiger partial charge in [-0.05, 0) is 48.6 Å². The Kier molecular flexibility index (Phi) is 8.04. The second-order valence-electron chi connectivity index (χ2n) is 7.32. The molecule has 9 heteroatoms. The van der Waals surface area contributed by atoms with Crippen LogP contribution in [-0.4, -0.2) is 51.6 Å². The average molecular weight is 440 g/mol. The average Bonchev–Trinajstić information content (AvgIpc) is 3.33. The number of esters is 1. The van der Waals surface area contributed by atoms with Crippen LogP contribution in [0.25, 0.3) is 11.1 Å². The number of amides is 1. The molecule has 2 atom stereocenters. The molecule has 3 aromatic rings. The number of H-pyrrole nitrogens is 1. The number of carbonyl (C=O) groups is 2. The summed E-state index contributed by atoms with van der Waals surface area (Å²) < 4.78 is 18.5. The van der Waals surface area contributed by atoms with Crippen LogP contribution in [0.5, 0.6) is 0 Å². The van der Waals surface area contributed by atoms with Gasteiger partial charge >= 0.3 is 5.97 Å².